The number of aldehydes is 1. The molecule has 2 N–H and O–H groups in total. The average molecular weight is 1570 g/mol. The van der Waals surface area contributed by atoms with E-state index in [-0.39, 0.29) is 0 Å². The summed E-state index contributed by atoms with van der Waals surface area (Å²) in [6, 6.07) is 34.9. The summed E-state index contributed by atoms with van der Waals surface area (Å²) >= 11 is 51.2. The van der Waals surface area contributed by atoms with Crippen molar-refractivity contribution in [3.05, 3.63) is 205 Å². The van der Waals surface area contributed by atoms with Crippen molar-refractivity contribution in [1.29, 1.82) is 0 Å². The first-order chi connectivity index (χ1) is 43.1. The molecule has 0 amide bonds. The number of nitrogens with one attached hydrogen (secondary N) is 2. The smallest absolute Gasteiger partial charge is 0.150 e. The maximum atomic E-state index is 10.2. The van der Waals surface area contributed by atoms with Crippen molar-refractivity contribution in [2.24, 2.45) is 0 Å². The zero-order valence-electron chi connectivity index (χ0n) is 53.2. The standard InChI is InChI=1S/C21H21BrCl2N2.C16H10BrCl2N.C12H27P.C11H13BrN2.C7H4Cl2O.C5H12ClN/c1-25(2)10-3-11-26-14-16(18-13-17(22)7-9-21(18)26)6-4-15-5-8-19(23)20(24)12-15;17-12-4-6-16-13(8-12)11(9-20-16)3-1-10-2-5-14(18)15(19)7-10;1-4-7-10-13(11-8-5-2)12-9-6-3;1-14(2)7-8-6-13-11-4-3-9(12)5-10(8)11;8-6-2-1-5(4-10)3-7(6)9;1-7(2)5-3-4-6/h4-9,12-14H,3,10-11H2,1-2H3;1-9,20H;4-12H2,1-3H3;3-6,13H,7H2,1-2H3;1-4H;3-5H2,1-2H3/b6-4+;3-1+;;;;. The van der Waals surface area contributed by atoms with Crippen LogP contribution in [0.3, 0.4) is 0 Å². The van der Waals surface area contributed by atoms with E-state index in [0.717, 1.165) is 86.8 Å². The molecule has 0 aliphatic heterocycles. The van der Waals surface area contributed by atoms with Crippen molar-refractivity contribution in [1.82, 2.24) is 29.2 Å². The van der Waals surface area contributed by atoms with Gasteiger partial charge in [0, 0.05) is 94.8 Å². The molecule has 0 saturated carbocycles. The highest BCUT2D eigenvalue weighted by Crippen LogP contribution is 2.39. The van der Waals surface area contributed by atoms with Gasteiger partial charge in [0.1, 0.15) is 6.29 Å². The van der Waals surface area contributed by atoms with E-state index in [1.54, 1.807) is 36.7 Å². The third-order valence-electron chi connectivity index (χ3n) is 13.9. The van der Waals surface area contributed by atoms with E-state index >= 15 is 0 Å². The number of fused-ring (bicyclic) bond motifs is 3. The molecule has 0 aliphatic carbocycles. The lowest BCUT2D eigenvalue weighted by molar-refractivity contribution is 0.112. The zero-order chi connectivity index (χ0) is 66.1. The second kappa shape index (κ2) is 43.8. The summed E-state index contributed by atoms with van der Waals surface area (Å²) < 4.78 is 5.61. The van der Waals surface area contributed by atoms with Crippen LogP contribution in [0.1, 0.15) is 110 Å². The van der Waals surface area contributed by atoms with Gasteiger partial charge in [-0.15, -0.1) is 19.5 Å². The molecular weight excluding hydrogens is 1480 g/mol. The van der Waals surface area contributed by atoms with Gasteiger partial charge in [0.25, 0.3) is 0 Å². The van der Waals surface area contributed by atoms with Gasteiger partial charge in [0.2, 0.25) is 0 Å². The molecule has 7 nitrogen and oxygen atoms in total. The summed E-state index contributed by atoms with van der Waals surface area (Å²) in [4.78, 5) is 23.2. The highest BCUT2D eigenvalue weighted by Gasteiger charge is 2.10. The lowest BCUT2D eigenvalue weighted by Crippen LogP contribution is -2.14. The molecule has 0 unspecified atom stereocenters. The summed E-state index contributed by atoms with van der Waals surface area (Å²) in [6.45, 7) is 11.1. The van der Waals surface area contributed by atoms with E-state index in [4.69, 9.17) is 81.2 Å². The Kier molecular flexibility index (Phi) is 38.6. The van der Waals surface area contributed by atoms with Crippen molar-refractivity contribution < 1.29 is 4.79 Å². The molecule has 0 fully saturated rings. The van der Waals surface area contributed by atoms with Crippen LogP contribution in [0.15, 0.2) is 141 Å². The highest BCUT2D eigenvalue weighted by atomic mass is 79.9. The first-order valence-electron chi connectivity index (χ1n) is 30.3. The number of rotatable bonds is 23. The van der Waals surface area contributed by atoms with Crippen molar-refractivity contribution in [2.45, 2.75) is 85.2 Å². The fraction of sp³-hybridized carbons (Fsp3) is 0.347. The fourth-order valence-corrected chi connectivity index (χ4v) is 14.2. The predicted octanol–water partition coefficient (Wildman–Crippen LogP) is 25.1. The number of carbonyl (C=O) groups is 1. The molecular formula is C72H87Br3Cl7N6OP. The van der Waals surface area contributed by atoms with Crippen LogP contribution in [0, 0.1) is 0 Å². The first kappa shape index (κ1) is 79.3. The first-order valence-corrected chi connectivity index (χ1v) is 37.4. The van der Waals surface area contributed by atoms with Crippen LogP contribution in [0.2, 0.25) is 30.1 Å². The molecule has 0 bridgehead atoms. The third kappa shape index (κ3) is 29.2. The van der Waals surface area contributed by atoms with Gasteiger partial charge in [-0.2, -0.15) is 0 Å². The van der Waals surface area contributed by atoms with Crippen LogP contribution in [-0.2, 0) is 13.1 Å². The monoisotopic (exact) mass is 1560 g/mol. The maximum absolute atomic E-state index is 10.2. The number of aryl methyl sites for hydroxylation is 1. The second-order valence-electron chi connectivity index (χ2n) is 22.3. The molecule has 18 heteroatoms. The maximum Gasteiger partial charge on any atom is 0.150 e. The van der Waals surface area contributed by atoms with Gasteiger partial charge < -0.3 is 29.2 Å². The number of aromatic amines is 2. The van der Waals surface area contributed by atoms with Gasteiger partial charge in [-0.05, 0) is 219 Å². The Balaban J connectivity index is 0.000000242. The Bertz CT molecular complexity index is 3620. The third-order valence-corrected chi connectivity index (χ3v) is 20.7. The lowest BCUT2D eigenvalue weighted by Gasteiger charge is -2.16. The normalized spacial score (nSPS) is 11.2. The second-order valence-corrected chi connectivity index (χ2v) is 30.6. The summed E-state index contributed by atoms with van der Waals surface area (Å²) in [5, 5.41) is 6.87. The molecule has 0 spiro atoms. The molecule has 6 aromatic carbocycles. The minimum absolute atomic E-state index is 0.409. The highest BCUT2D eigenvalue weighted by molar-refractivity contribution is 9.11. The predicted molar refractivity (Wildman–Crippen MR) is 415 cm³/mol. The number of halogens is 10. The van der Waals surface area contributed by atoms with Gasteiger partial charge >= 0.3 is 0 Å². The average Bonchev–Trinajstić information content (AvgIpc) is 1.71. The summed E-state index contributed by atoms with van der Waals surface area (Å²) in [7, 11) is 12.9. The molecule has 0 aliphatic rings. The number of hydrogen-bond donors (Lipinski definition) is 2. The molecule has 3 aromatic heterocycles. The van der Waals surface area contributed by atoms with Crippen molar-refractivity contribution in [3.63, 3.8) is 0 Å². The molecule has 0 radical (unpaired) electrons. The number of aromatic nitrogens is 3. The lowest BCUT2D eigenvalue weighted by atomic mass is 10.1. The number of unbranched alkanes of at least 4 members (excludes halogenated alkanes) is 3. The Hall–Kier alpha value is -3.13. The summed E-state index contributed by atoms with van der Waals surface area (Å²) in [6.07, 6.45) is 30.7. The Morgan fingerprint density at radius 2 is 0.922 bits per heavy atom. The van der Waals surface area contributed by atoms with Gasteiger partial charge in [-0.25, -0.2) is 0 Å². The number of hydrogen-bond acceptors (Lipinski definition) is 4. The van der Waals surface area contributed by atoms with Crippen LogP contribution in [-0.4, -0.2) is 115 Å². The van der Waals surface area contributed by atoms with Crippen LogP contribution >= 0.6 is 137 Å². The number of nitrogens with zero attached hydrogens (tertiary/aromatic N) is 4. The Morgan fingerprint density at radius 1 is 0.478 bits per heavy atom. The summed E-state index contributed by atoms with van der Waals surface area (Å²) in [5.41, 5.74) is 9.81. The van der Waals surface area contributed by atoms with E-state index in [9.17, 15) is 4.79 Å². The van der Waals surface area contributed by atoms with Crippen molar-refractivity contribution >= 4 is 200 Å². The largest absolute Gasteiger partial charge is 0.361 e. The van der Waals surface area contributed by atoms with Crippen LogP contribution in [0.4, 0.5) is 0 Å². The quantitative estimate of drug-likeness (QED) is 0.0381. The van der Waals surface area contributed by atoms with Crippen molar-refractivity contribution in [2.75, 3.05) is 79.7 Å². The van der Waals surface area contributed by atoms with E-state index < -0.39 is 0 Å². The fourth-order valence-electron chi connectivity index (χ4n) is 9.09. The molecule has 0 saturated heterocycles. The molecule has 90 heavy (non-hydrogen) atoms. The minimum Gasteiger partial charge on any atom is -0.361 e. The van der Waals surface area contributed by atoms with Crippen molar-refractivity contribution in [3.8, 4) is 0 Å². The molecule has 9 rings (SSSR count). The Labute approximate surface area is 598 Å². The van der Waals surface area contributed by atoms with Gasteiger partial charge in [-0.3, -0.25) is 4.79 Å². The number of carbonyl (C=O) groups excluding carboxylic acids is 1. The number of benzene rings is 6. The van der Waals surface area contributed by atoms with E-state index in [2.05, 4.69) is 205 Å². The van der Waals surface area contributed by atoms with Gasteiger partial charge in [0.05, 0.1) is 30.1 Å². The van der Waals surface area contributed by atoms with Crippen LogP contribution < -0.4 is 0 Å². The van der Waals surface area contributed by atoms with Crippen LogP contribution in [0.25, 0.3) is 57.0 Å². The van der Waals surface area contributed by atoms with E-state index in [1.807, 2.05) is 62.8 Å². The SMILES string of the molecule is CCCCP(CCCC)CCCC.CN(C)CCCCl.CN(C)CCCn1cc(/C=C/c2ccc(Cl)c(Cl)c2)c2cc(Br)ccc21.CN(C)Cc1c[nH]c2ccc(Br)cc12.Clc1ccc(/C=C/c2c[nH]c3ccc(Br)cc23)cc1Cl.O=Cc1ccc(Cl)c(Cl)c1. The Morgan fingerprint density at radius 3 is 1.39 bits per heavy atom. The number of H-pyrrole nitrogens is 2. The van der Waals surface area contributed by atoms with E-state index in [1.165, 1.54) is 82.9 Å². The van der Waals surface area contributed by atoms with Crippen LogP contribution in [0.5, 0.6) is 0 Å². The molecule has 9 aromatic rings. The van der Waals surface area contributed by atoms with Gasteiger partial charge in [-0.1, -0.05) is 200 Å². The zero-order valence-corrected chi connectivity index (χ0v) is 64.2. The van der Waals surface area contributed by atoms with Gasteiger partial charge in [0.15, 0.2) is 0 Å². The minimum atomic E-state index is 0.409. The molecule has 0 atom stereocenters. The van der Waals surface area contributed by atoms with E-state index in [0.29, 0.717) is 43.6 Å². The number of alkyl halides is 1. The molecule has 486 valence electrons. The summed E-state index contributed by atoms with van der Waals surface area (Å²) in [5.74, 6) is 0.776. The molecule has 3 heterocycles. The topological polar surface area (TPSA) is 63.3 Å².